The van der Waals surface area contributed by atoms with Gasteiger partial charge in [-0.1, -0.05) is 0 Å². The second-order valence-electron chi connectivity index (χ2n) is 6.34. The Kier molecular flexibility index (Phi) is 3.34. The van der Waals surface area contributed by atoms with E-state index in [9.17, 15) is 0 Å². The van der Waals surface area contributed by atoms with Gasteiger partial charge in [0.05, 0.1) is 24.5 Å². The van der Waals surface area contributed by atoms with Gasteiger partial charge < -0.3 is 8.98 Å². The summed E-state index contributed by atoms with van der Waals surface area (Å²) < 4.78 is 7.90. The molecule has 0 N–H and O–H groups in total. The predicted octanol–water partition coefficient (Wildman–Crippen LogP) is 3.23. The molecular weight excluding hydrogens is 262 g/mol. The van der Waals surface area contributed by atoms with E-state index in [1.165, 1.54) is 49.3 Å². The van der Waals surface area contributed by atoms with E-state index in [0.717, 1.165) is 25.3 Å². The van der Waals surface area contributed by atoms with Crippen LogP contribution in [0.1, 0.15) is 54.7 Å². The van der Waals surface area contributed by atoms with Crippen LogP contribution in [0.2, 0.25) is 0 Å². The molecule has 112 valence electrons. The summed E-state index contributed by atoms with van der Waals surface area (Å²) in [5, 5.41) is 0. The van der Waals surface area contributed by atoms with E-state index in [1.807, 2.05) is 6.07 Å². The molecule has 0 radical (unpaired) electrons. The highest BCUT2D eigenvalue weighted by Crippen LogP contribution is 2.34. The number of hydrogen-bond acceptors (Lipinski definition) is 3. The lowest BCUT2D eigenvalue weighted by Gasteiger charge is -2.23. The average molecular weight is 285 g/mol. The van der Waals surface area contributed by atoms with Gasteiger partial charge in [0.2, 0.25) is 0 Å². The fourth-order valence-corrected chi connectivity index (χ4v) is 3.92. The lowest BCUT2D eigenvalue weighted by atomic mass is 10.0. The molecule has 21 heavy (non-hydrogen) atoms. The highest BCUT2D eigenvalue weighted by molar-refractivity contribution is 5.22. The molecule has 1 saturated heterocycles. The average Bonchev–Trinajstić information content (AvgIpc) is 3.21. The molecule has 0 unspecified atom stereocenters. The van der Waals surface area contributed by atoms with Crippen LogP contribution in [-0.4, -0.2) is 21.0 Å². The molecule has 1 aliphatic carbocycles. The largest absolute Gasteiger partial charge is 0.468 e. The summed E-state index contributed by atoms with van der Waals surface area (Å²) in [6.45, 7) is 2.04. The Morgan fingerprint density at radius 3 is 3.00 bits per heavy atom. The molecule has 2 aliphatic rings. The Bertz CT molecular complexity index is 614. The first kappa shape index (κ1) is 13.1. The minimum atomic E-state index is 0.450. The van der Waals surface area contributed by atoms with Gasteiger partial charge in [-0.3, -0.25) is 4.90 Å². The highest BCUT2D eigenvalue weighted by atomic mass is 16.3. The van der Waals surface area contributed by atoms with Crippen LogP contribution in [0, 0.1) is 0 Å². The number of aryl methyl sites for hydroxylation is 1. The van der Waals surface area contributed by atoms with Gasteiger partial charge in [0, 0.05) is 12.7 Å². The van der Waals surface area contributed by atoms with Crippen LogP contribution in [0.3, 0.4) is 0 Å². The molecule has 1 aliphatic heterocycles. The summed E-state index contributed by atoms with van der Waals surface area (Å²) in [5.41, 5.74) is 2.82. The van der Waals surface area contributed by atoms with Crippen molar-refractivity contribution in [2.24, 2.45) is 7.05 Å². The SMILES string of the molecule is Cn1c([C@@H]2CCCN2Cc2ccco2)nc2c1CCCC2. The van der Waals surface area contributed by atoms with E-state index in [0.29, 0.717) is 6.04 Å². The topological polar surface area (TPSA) is 34.2 Å². The van der Waals surface area contributed by atoms with E-state index in [1.54, 1.807) is 6.26 Å². The van der Waals surface area contributed by atoms with Crippen LogP contribution in [-0.2, 0) is 26.4 Å². The number of rotatable bonds is 3. The van der Waals surface area contributed by atoms with Crippen molar-refractivity contribution in [3.8, 4) is 0 Å². The molecule has 3 heterocycles. The third kappa shape index (κ3) is 2.31. The van der Waals surface area contributed by atoms with E-state index in [4.69, 9.17) is 9.40 Å². The molecule has 4 heteroatoms. The Morgan fingerprint density at radius 1 is 1.29 bits per heavy atom. The van der Waals surface area contributed by atoms with Gasteiger partial charge in [-0.25, -0.2) is 4.98 Å². The van der Waals surface area contributed by atoms with Gasteiger partial charge in [0.1, 0.15) is 11.6 Å². The number of hydrogen-bond donors (Lipinski definition) is 0. The Morgan fingerprint density at radius 2 is 2.19 bits per heavy atom. The maximum absolute atomic E-state index is 5.52. The van der Waals surface area contributed by atoms with E-state index >= 15 is 0 Å². The number of fused-ring (bicyclic) bond motifs is 1. The fraction of sp³-hybridized carbons (Fsp3) is 0.588. The summed E-state index contributed by atoms with van der Waals surface area (Å²) in [4.78, 5) is 7.52. The molecule has 4 nitrogen and oxygen atoms in total. The molecule has 0 spiro atoms. The number of likely N-dealkylation sites (tertiary alicyclic amines) is 1. The van der Waals surface area contributed by atoms with Crippen LogP contribution in [0.5, 0.6) is 0 Å². The first-order valence-electron chi connectivity index (χ1n) is 8.14. The summed E-state index contributed by atoms with van der Waals surface area (Å²) in [6.07, 6.45) is 9.20. The smallest absolute Gasteiger partial charge is 0.126 e. The Balaban J connectivity index is 1.61. The molecular formula is C17H23N3O. The zero-order chi connectivity index (χ0) is 14.2. The summed E-state index contributed by atoms with van der Waals surface area (Å²) >= 11 is 0. The molecule has 0 saturated carbocycles. The fourth-order valence-electron chi connectivity index (χ4n) is 3.92. The van der Waals surface area contributed by atoms with Crippen molar-refractivity contribution in [2.45, 2.75) is 51.1 Å². The quantitative estimate of drug-likeness (QED) is 0.868. The van der Waals surface area contributed by atoms with Gasteiger partial charge in [-0.05, 0) is 57.2 Å². The van der Waals surface area contributed by atoms with Crippen LogP contribution in [0.4, 0.5) is 0 Å². The first-order chi connectivity index (χ1) is 10.3. The number of furan rings is 1. The number of nitrogens with zero attached hydrogens (tertiary/aromatic N) is 3. The maximum atomic E-state index is 5.52. The lowest BCUT2D eigenvalue weighted by Crippen LogP contribution is -2.24. The summed E-state index contributed by atoms with van der Waals surface area (Å²) in [5.74, 6) is 2.33. The van der Waals surface area contributed by atoms with Crippen molar-refractivity contribution in [1.29, 1.82) is 0 Å². The Hall–Kier alpha value is -1.55. The third-order valence-electron chi connectivity index (χ3n) is 5.01. The molecule has 2 aromatic heterocycles. The minimum Gasteiger partial charge on any atom is -0.468 e. The normalized spacial score (nSPS) is 22.6. The van der Waals surface area contributed by atoms with Crippen molar-refractivity contribution in [3.63, 3.8) is 0 Å². The molecule has 0 amide bonds. The third-order valence-corrected chi connectivity index (χ3v) is 5.01. The lowest BCUT2D eigenvalue weighted by molar-refractivity contribution is 0.217. The van der Waals surface area contributed by atoms with Crippen LogP contribution < -0.4 is 0 Å². The standard InChI is InChI=1S/C17H23N3O/c1-19-15-8-3-2-7-14(15)18-17(19)16-9-4-10-20(16)12-13-6-5-11-21-13/h5-6,11,16H,2-4,7-10,12H2,1H3/t16-/m0/s1. The maximum Gasteiger partial charge on any atom is 0.126 e. The zero-order valence-corrected chi connectivity index (χ0v) is 12.7. The van der Waals surface area contributed by atoms with E-state index in [2.05, 4.69) is 22.6 Å². The summed E-state index contributed by atoms with van der Waals surface area (Å²) in [6, 6.07) is 4.49. The van der Waals surface area contributed by atoms with Crippen molar-refractivity contribution in [1.82, 2.24) is 14.5 Å². The second-order valence-corrected chi connectivity index (χ2v) is 6.34. The highest BCUT2D eigenvalue weighted by Gasteiger charge is 2.31. The van der Waals surface area contributed by atoms with E-state index < -0.39 is 0 Å². The van der Waals surface area contributed by atoms with Crippen molar-refractivity contribution >= 4 is 0 Å². The predicted molar refractivity (Wildman–Crippen MR) is 80.9 cm³/mol. The molecule has 2 aromatic rings. The number of imidazole rings is 1. The molecule has 4 rings (SSSR count). The van der Waals surface area contributed by atoms with Gasteiger partial charge in [0.15, 0.2) is 0 Å². The van der Waals surface area contributed by atoms with Gasteiger partial charge >= 0.3 is 0 Å². The van der Waals surface area contributed by atoms with Gasteiger partial charge in [-0.15, -0.1) is 0 Å². The first-order valence-corrected chi connectivity index (χ1v) is 8.14. The Labute approximate surface area is 125 Å². The molecule has 0 bridgehead atoms. The van der Waals surface area contributed by atoms with Gasteiger partial charge in [0.25, 0.3) is 0 Å². The zero-order valence-electron chi connectivity index (χ0n) is 12.7. The molecule has 1 atom stereocenters. The minimum absolute atomic E-state index is 0.450. The van der Waals surface area contributed by atoms with Crippen LogP contribution in [0.25, 0.3) is 0 Å². The summed E-state index contributed by atoms with van der Waals surface area (Å²) in [7, 11) is 2.20. The number of aromatic nitrogens is 2. The van der Waals surface area contributed by atoms with Gasteiger partial charge in [-0.2, -0.15) is 0 Å². The molecule has 0 aromatic carbocycles. The molecule has 1 fully saturated rings. The van der Waals surface area contributed by atoms with Crippen molar-refractivity contribution < 1.29 is 4.42 Å². The second kappa shape index (κ2) is 5.34. The van der Waals surface area contributed by atoms with Crippen LogP contribution >= 0.6 is 0 Å². The van der Waals surface area contributed by atoms with E-state index in [-0.39, 0.29) is 0 Å². The van der Waals surface area contributed by atoms with Crippen LogP contribution in [0.15, 0.2) is 22.8 Å². The van der Waals surface area contributed by atoms with Crippen molar-refractivity contribution in [2.75, 3.05) is 6.54 Å². The van der Waals surface area contributed by atoms with Crippen molar-refractivity contribution in [3.05, 3.63) is 41.4 Å². The monoisotopic (exact) mass is 285 g/mol.